The van der Waals surface area contributed by atoms with Crippen molar-refractivity contribution in [1.82, 2.24) is 0 Å². The molecule has 0 bridgehead atoms. The molecule has 0 saturated carbocycles. The molecule has 2 N–H and O–H groups in total. The zero-order valence-electron chi connectivity index (χ0n) is 16.9. The van der Waals surface area contributed by atoms with Gasteiger partial charge in [-0.25, -0.2) is 0 Å². The van der Waals surface area contributed by atoms with Gasteiger partial charge in [-0.3, -0.25) is 0 Å². The minimum Gasteiger partial charge on any atom is -1.00 e. The van der Waals surface area contributed by atoms with Crippen molar-refractivity contribution in [2.24, 2.45) is 0 Å². The number of aliphatic hydroxyl groups is 1. The fourth-order valence-electron chi connectivity index (χ4n) is 4.48. The normalized spacial score (nSPS) is 21.1. The standard InChI is InChI=1S/C21H26NO2Si.2ClH.Ti/c1-21(2,3)22-18-15(10-11-23)17-14-9-7-6-8-13(14)12-16(17)19-20(18)25(19,5)24-4;;;/h6-9,12,22-23H,10-11H2,1-5H3;2*1H;/q;;;+2/p-2. The average Bonchev–Trinajstić information content (AvgIpc) is 3.10. The number of fused-ring (bicyclic) bond motifs is 5. The Balaban J connectivity index is 0.00000140. The van der Waals surface area contributed by atoms with Gasteiger partial charge in [-0.05, 0) is 0 Å². The molecule has 0 fully saturated rings. The number of hydrogen-bond acceptors (Lipinski definition) is 3. The Labute approximate surface area is 193 Å². The number of nitrogens with one attached hydrogen (secondary N) is 1. The summed E-state index contributed by atoms with van der Waals surface area (Å²) in [5, 5.41) is 16.5. The predicted molar refractivity (Wildman–Crippen MR) is 106 cm³/mol. The van der Waals surface area contributed by atoms with Crippen molar-refractivity contribution >= 4 is 24.4 Å². The van der Waals surface area contributed by atoms with Crippen molar-refractivity contribution in [2.75, 3.05) is 19.0 Å². The Kier molecular flexibility index (Phi) is 6.90. The van der Waals surface area contributed by atoms with Crippen LogP contribution in [0.3, 0.4) is 0 Å². The summed E-state index contributed by atoms with van der Waals surface area (Å²) in [5.41, 5.74) is 7.98. The molecule has 2 unspecified atom stereocenters. The monoisotopic (exact) mass is 470 g/mol. The van der Waals surface area contributed by atoms with E-state index < -0.39 is 8.32 Å². The van der Waals surface area contributed by atoms with Gasteiger partial charge in [0.15, 0.2) is 0 Å². The first-order valence-electron chi connectivity index (χ1n) is 9.23. The van der Waals surface area contributed by atoms with Gasteiger partial charge >= 0.3 is 169 Å². The van der Waals surface area contributed by atoms with Crippen LogP contribution in [0.5, 0.6) is 0 Å². The fourth-order valence-corrected chi connectivity index (χ4v) is 8.94. The van der Waals surface area contributed by atoms with E-state index in [0.29, 0.717) is 10.6 Å². The first-order chi connectivity index (χ1) is 12.2. The molecule has 0 spiro atoms. The molecule has 2 aromatic rings. The minimum atomic E-state index is -2.00. The molecule has 1 heterocycles. The Bertz CT molecular complexity index is 916. The third-order valence-electron chi connectivity index (χ3n) is 5.63. The van der Waals surface area contributed by atoms with Crippen molar-refractivity contribution in [3.8, 4) is 11.1 Å². The SMILES string of the molecule is CO[Si]1(C)c2c(NC(C)(C)C)c(CCO)c3c(c21)[CH]([Ti+2])c1ccccc1-3.[Cl-].[Cl-]. The van der Waals surface area contributed by atoms with E-state index in [9.17, 15) is 5.11 Å². The molecule has 7 heteroatoms. The quantitative estimate of drug-likeness (QED) is 0.460. The van der Waals surface area contributed by atoms with Gasteiger partial charge in [-0.1, -0.05) is 0 Å². The van der Waals surface area contributed by atoms with Crippen molar-refractivity contribution < 1.29 is 54.8 Å². The van der Waals surface area contributed by atoms with Gasteiger partial charge in [-0.15, -0.1) is 0 Å². The molecular formula is C21H26Cl2NO2SiTi. The van der Waals surface area contributed by atoms with Gasteiger partial charge in [0.25, 0.3) is 0 Å². The van der Waals surface area contributed by atoms with Crippen LogP contribution in [0.1, 0.15) is 41.7 Å². The largest absolute Gasteiger partial charge is 1.00 e. The molecule has 2 atom stereocenters. The molecule has 0 radical (unpaired) electrons. The first-order valence-corrected chi connectivity index (χ1v) is 12.5. The van der Waals surface area contributed by atoms with Crippen LogP contribution < -0.4 is 40.5 Å². The summed E-state index contributed by atoms with van der Waals surface area (Å²) in [4.78, 5) is 0. The third-order valence-corrected chi connectivity index (χ3v) is 10.1. The van der Waals surface area contributed by atoms with Crippen LogP contribution in [0, 0.1) is 0 Å². The van der Waals surface area contributed by atoms with E-state index in [2.05, 4.69) is 77.3 Å². The zero-order chi connectivity index (χ0) is 18.9. The number of rotatable bonds is 4. The van der Waals surface area contributed by atoms with E-state index in [1.54, 1.807) is 0 Å². The van der Waals surface area contributed by atoms with Crippen LogP contribution in [0.2, 0.25) is 6.55 Å². The maximum atomic E-state index is 9.84. The van der Waals surface area contributed by atoms with Crippen LogP contribution >= 0.6 is 0 Å². The van der Waals surface area contributed by atoms with Crippen LogP contribution in [-0.2, 0) is 31.3 Å². The summed E-state index contributed by atoms with van der Waals surface area (Å²) < 4.78 is 6.51. The van der Waals surface area contributed by atoms with Gasteiger partial charge in [0.1, 0.15) is 0 Å². The fraction of sp³-hybridized carbons (Fsp3) is 0.429. The molecule has 0 saturated heterocycles. The number of halogens is 2. The predicted octanol–water partition coefficient (Wildman–Crippen LogP) is -3.29. The molecule has 149 valence electrons. The molecule has 2 aliphatic rings. The van der Waals surface area contributed by atoms with Gasteiger partial charge in [0, 0.05) is 0 Å². The number of aliphatic hydroxyl groups excluding tert-OH is 1. The van der Waals surface area contributed by atoms with Crippen LogP contribution in [0.4, 0.5) is 5.69 Å². The molecule has 2 aromatic carbocycles. The summed E-state index contributed by atoms with van der Waals surface area (Å²) >= 11 is 2.31. The summed E-state index contributed by atoms with van der Waals surface area (Å²) in [6.45, 7) is 9.05. The van der Waals surface area contributed by atoms with Crippen LogP contribution in [0.15, 0.2) is 24.3 Å². The second-order valence-corrected chi connectivity index (χ2v) is 12.9. The van der Waals surface area contributed by atoms with E-state index in [4.69, 9.17) is 4.43 Å². The molecule has 1 aliphatic carbocycles. The Morgan fingerprint density at radius 1 is 1.18 bits per heavy atom. The summed E-state index contributed by atoms with van der Waals surface area (Å²) in [7, 11) is -0.145. The van der Waals surface area contributed by atoms with E-state index >= 15 is 0 Å². The van der Waals surface area contributed by atoms with E-state index in [-0.39, 0.29) is 37.0 Å². The number of hydrogen-bond donors (Lipinski definition) is 2. The Morgan fingerprint density at radius 2 is 1.82 bits per heavy atom. The summed E-state index contributed by atoms with van der Waals surface area (Å²) in [6.07, 6.45) is 0.670. The molecule has 4 rings (SSSR count). The topological polar surface area (TPSA) is 41.5 Å². The molecule has 3 nitrogen and oxygen atoms in total. The second-order valence-electron chi connectivity index (χ2n) is 8.50. The van der Waals surface area contributed by atoms with Gasteiger partial charge in [0.05, 0.1) is 0 Å². The zero-order valence-corrected chi connectivity index (χ0v) is 21.0. The van der Waals surface area contributed by atoms with Crippen LogP contribution in [0.25, 0.3) is 11.1 Å². The average molecular weight is 471 g/mol. The minimum absolute atomic E-state index is 0. The molecule has 0 amide bonds. The number of anilines is 1. The first kappa shape index (κ1) is 23.9. The Morgan fingerprint density at radius 3 is 2.39 bits per heavy atom. The van der Waals surface area contributed by atoms with Crippen molar-refractivity contribution in [1.29, 1.82) is 0 Å². The van der Waals surface area contributed by atoms with Gasteiger partial charge < -0.3 is 24.8 Å². The summed E-state index contributed by atoms with van der Waals surface area (Å²) in [6, 6.07) is 8.74. The molecule has 28 heavy (non-hydrogen) atoms. The van der Waals surface area contributed by atoms with E-state index in [1.807, 2.05) is 7.11 Å². The maximum absolute atomic E-state index is 9.84. The van der Waals surface area contributed by atoms with Gasteiger partial charge in [0.2, 0.25) is 0 Å². The van der Waals surface area contributed by atoms with Gasteiger partial charge in [-0.2, -0.15) is 0 Å². The number of benzene rings is 2. The second kappa shape index (κ2) is 8.07. The van der Waals surface area contributed by atoms with E-state index in [1.165, 1.54) is 43.9 Å². The van der Waals surface area contributed by atoms with Crippen molar-refractivity contribution in [3.05, 3.63) is 41.0 Å². The molecule has 1 aliphatic heterocycles. The van der Waals surface area contributed by atoms with E-state index in [0.717, 1.165) is 0 Å². The maximum Gasteiger partial charge on any atom is -1.00 e. The smallest absolute Gasteiger partial charge is 1.00 e. The molecular weight excluding hydrogens is 445 g/mol. The Hall–Kier alpha value is -0.329. The molecule has 0 aromatic heterocycles. The summed E-state index contributed by atoms with van der Waals surface area (Å²) in [5.74, 6) is 0. The van der Waals surface area contributed by atoms with Crippen molar-refractivity contribution in [2.45, 2.75) is 43.5 Å². The van der Waals surface area contributed by atoms with Crippen LogP contribution in [-0.4, -0.2) is 32.7 Å². The van der Waals surface area contributed by atoms with Crippen molar-refractivity contribution in [3.63, 3.8) is 0 Å². The third kappa shape index (κ3) is 3.41.